The number of hydrogen-bond acceptors (Lipinski definition) is 4. The van der Waals surface area contributed by atoms with Gasteiger partial charge in [-0.05, 0) is 26.5 Å². The lowest BCUT2D eigenvalue weighted by atomic mass is 10.0. The molecule has 0 saturated carbocycles. The second-order valence-electron chi connectivity index (χ2n) is 4.96. The molecule has 0 aliphatic carbocycles. The third-order valence-electron chi connectivity index (χ3n) is 3.78. The van der Waals surface area contributed by atoms with Crippen LogP contribution in [0.25, 0.3) is 0 Å². The first-order chi connectivity index (χ1) is 8.41. The highest BCUT2D eigenvalue weighted by atomic mass is 32.2. The summed E-state index contributed by atoms with van der Waals surface area (Å²) >= 11 is 0. The average Bonchev–Trinajstić information content (AvgIpc) is 2.68. The number of phenolic OH excluding ortho intramolecular Hbond substituents is 1. The molecule has 1 aromatic rings. The largest absolute Gasteiger partial charge is 0.508 e. The summed E-state index contributed by atoms with van der Waals surface area (Å²) in [4.78, 5) is 2.04. The van der Waals surface area contributed by atoms with Gasteiger partial charge in [0.15, 0.2) is 9.84 Å². The van der Waals surface area contributed by atoms with Crippen molar-refractivity contribution in [1.82, 2.24) is 4.90 Å². The van der Waals surface area contributed by atoms with Crippen LogP contribution in [-0.4, -0.2) is 43.0 Å². The molecule has 1 aliphatic rings. The Morgan fingerprint density at radius 3 is 2.61 bits per heavy atom. The van der Waals surface area contributed by atoms with Gasteiger partial charge in [0.2, 0.25) is 0 Å². The van der Waals surface area contributed by atoms with E-state index in [0.29, 0.717) is 6.42 Å². The van der Waals surface area contributed by atoms with Crippen LogP contribution in [0.5, 0.6) is 5.75 Å². The Labute approximate surface area is 108 Å². The molecule has 1 heterocycles. The predicted octanol–water partition coefficient (Wildman–Crippen LogP) is 1.57. The summed E-state index contributed by atoms with van der Waals surface area (Å²) in [5.41, 5.74) is 0.837. The smallest absolute Gasteiger partial charge is 0.151 e. The molecule has 2 rings (SSSR count). The molecule has 1 saturated heterocycles. The van der Waals surface area contributed by atoms with Gasteiger partial charge in [-0.15, -0.1) is 0 Å². The summed E-state index contributed by atoms with van der Waals surface area (Å²) in [5, 5.41) is 9.83. The predicted molar refractivity (Wildman–Crippen MR) is 71.3 cm³/mol. The molecular formula is C13H19NO3S. The minimum absolute atomic E-state index is 0.00417. The number of sulfone groups is 1. The number of nitrogens with zero attached hydrogens (tertiary/aromatic N) is 1. The van der Waals surface area contributed by atoms with Crippen molar-refractivity contribution in [2.75, 3.05) is 18.6 Å². The molecule has 0 bridgehead atoms. The quantitative estimate of drug-likeness (QED) is 0.905. The van der Waals surface area contributed by atoms with Gasteiger partial charge in [0, 0.05) is 17.6 Å². The van der Waals surface area contributed by atoms with Gasteiger partial charge < -0.3 is 5.11 Å². The van der Waals surface area contributed by atoms with Crippen molar-refractivity contribution in [2.45, 2.75) is 25.4 Å². The first-order valence-corrected chi connectivity index (χ1v) is 7.93. The first-order valence-electron chi connectivity index (χ1n) is 6.11. The lowest BCUT2D eigenvalue weighted by molar-refractivity contribution is 0.198. The molecule has 2 unspecified atom stereocenters. The lowest BCUT2D eigenvalue weighted by Crippen LogP contribution is -2.34. The van der Waals surface area contributed by atoms with Crippen molar-refractivity contribution in [2.24, 2.45) is 0 Å². The number of phenols is 1. The third kappa shape index (κ3) is 2.67. The molecule has 0 radical (unpaired) electrons. The van der Waals surface area contributed by atoms with Gasteiger partial charge in [-0.2, -0.15) is 0 Å². The fourth-order valence-electron chi connectivity index (χ4n) is 2.47. The molecular weight excluding hydrogens is 250 g/mol. The Hall–Kier alpha value is -1.07. The minimum Gasteiger partial charge on any atom is -0.508 e. The number of benzene rings is 1. The summed E-state index contributed by atoms with van der Waals surface area (Å²) in [6.45, 7) is 1.99. The van der Waals surface area contributed by atoms with Gasteiger partial charge in [-0.1, -0.05) is 18.2 Å². The van der Waals surface area contributed by atoms with Gasteiger partial charge >= 0.3 is 0 Å². The Morgan fingerprint density at radius 1 is 1.39 bits per heavy atom. The van der Waals surface area contributed by atoms with Gasteiger partial charge in [-0.3, -0.25) is 4.90 Å². The average molecular weight is 269 g/mol. The Morgan fingerprint density at radius 2 is 2.06 bits per heavy atom. The highest BCUT2D eigenvalue weighted by molar-refractivity contribution is 7.91. The Bertz CT molecular complexity index is 527. The van der Waals surface area contributed by atoms with Crippen molar-refractivity contribution in [1.29, 1.82) is 0 Å². The SMILES string of the molecule is CC(c1ccccc1O)N(C)C1CCS(=O)(=O)C1. The molecule has 0 spiro atoms. The van der Waals surface area contributed by atoms with Crippen molar-refractivity contribution in [3.63, 3.8) is 0 Å². The van der Waals surface area contributed by atoms with E-state index in [1.54, 1.807) is 12.1 Å². The normalized spacial score (nSPS) is 24.3. The Balaban J connectivity index is 2.15. The molecule has 1 N–H and O–H groups in total. The summed E-state index contributed by atoms with van der Waals surface area (Å²) in [7, 11) is -0.951. The molecule has 0 aromatic heterocycles. The molecule has 1 aromatic carbocycles. The van der Waals surface area contributed by atoms with Gasteiger partial charge in [0.1, 0.15) is 5.75 Å². The van der Waals surface area contributed by atoms with E-state index in [2.05, 4.69) is 0 Å². The van der Waals surface area contributed by atoms with Crippen LogP contribution in [0.1, 0.15) is 24.9 Å². The summed E-state index contributed by atoms with van der Waals surface area (Å²) < 4.78 is 23.0. The second-order valence-corrected chi connectivity index (χ2v) is 7.19. The highest BCUT2D eigenvalue weighted by Crippen LogP contribution is 2.30. The van der Waals surface area contributed by atoms with Crippen molar-refractivity contribution in [3.8, 4) is 5.75 Å². The molecule has 2 atom stereocenters. The monoisotopic (exact) mass is 269 g/mol. The van der Waals surface area contributed by atoms with Crippen molar-refractivity contribution in [3.05, 3.63) is 29.8 Å². The standard InChI is InChI=1S/C13H19NO3S/c1-10(12-5-3-4-6-13(12)15)14(2)11-7-8-18(16,17)9-11/h3-6,10-11,15H,7-9H2,1-2H3. The number of aromatic hydroxyl groups is 1. The van der Waals surface area contributed by atoms with Gasteiger partial charge in [0.05, 0.1) is 11.5 Å². The van der Waals surface area contributed by atoms with Crippen molar-refractivity contribution >= 4 is 9.84 Å². The molecule has 0 amide bonds. The van der Waals surface area contributed by atoms with Crippen LogP contribution in [0.2, 0.25) is 0 Å². The van der Waals surface area contributed by atoms with Crippen molar-refractivity contribution < 1.29 is 13.5 Å². The van der Waals surface area contributed by atoms with E-state index in [0.717, 1.165) is 5.56 Å². The molecule has 18 heavy (non-hydrogen) atoms. The maximum Gasteiger partial charge on any atom is 0.151 e. The van der Waals surface area contributed by atoms with Crippen LogP contribution in [0.3, 0.4) is 0 Å². The second kappa shape index (κ2) is 4.90. The minimum atomic E-state index is -2.87. The fourth-order valence-corrected chi connectivity index (χ4v) is 4.26. The zero-order valence-corrected chi connectivity index (χ0v) is 11.5. The molecule has 4 nitrogen and oxygen atoms in total. The third-order valence-corrected chi connectivity index (χ3v) is 5.53. The maximum absolute atomic E-state index is 11.5. The lowest BCUT2D eigenvalue weighted by Gasteiger charge is -2.30. The van der Waals surface area contributed by atoms with Crippen LogP contribution in [0.15, 0.2) is 24.3 Å². The van der Waals surface area contributed by atoms with E-state index < -0.39 is 9.84 Å². The van der Waals surface area contributed by atoms with Gasteiger partial charge in [0.25, 0.3) is 0 Å². The van der Waals surface area contributed by atoms with Gasteiger partial charge in [-0.25, -0.2) is 8.42 Å². The Kier molecular flexibility index (Phi) is 3.64. The zero-order chi connectivity index (χ0) is 13.3. The van der Waals surface area contributed by atoms with Crippen LogP contribution >= 0.6 is 0 Å². The number of hydrogen-bond donors (Lipinski definition) is 1. The topological polar surface area (TPSA) is 57.6 Å². The zero-order valence-electron chi connectivity index (χ0n) is 10.7. The summed E-state index contributed by atoms with van der Waals surface area (Å²) in [5.74, 6) is 0.759. The first kappa shape index (κ1) is 13.4. The summed E-state index contributed by atoms with van der Waals surface area (Å²) in [6, 6.07) is 7.25. The van der Waals surface area contributed by atoms with E-state index >= 15 is 0 Å². The maximum atomic E-state index is 11.5. The highest BCUT2D eigenvalue weighted by Gasteiger charge is 2.33. The molecule has 1 fully saturated rings. The number of rotatable bonds is 3. The fraction of sp³-hybridized carbons (Fsp3) is 0.538. The van der Waals surface area contributed by atoms with E-state index in [1.165, 1.54) is 0 Å². The molecule has 100 valence electrons. The van der Waals surface area contributed by atoms with Crippen LogP contribution in [0.4, 0.5) is 0 Å². The molecule has 5 heteroatoms. The van der Waals surface area contributed by atoms with Crippen LogP contribution in [-0.2, 0) is 9.84 Å². The van der Waals surface area contributed by atoms with E-state index in [4.69, 9.17) is 0 Å². The van der Waals surface area contributed by atoms with Crippen LogP contribution in [0, 0.1) is 0 Å². The van der Waals surface area contributed by atoms with E-state index in [-0.39, 0.29) is 29.3 Å². The summed E-state index contributed by atoms with van der Waals surface area (Å²) in [6.07, 6.45) is 0.677. The van der Waals surface area contributed by atoms with E-state index in [9.17, 15) is 13.5 Å². The number of para-hydroxylation sites is 1. The van der Waals surface area contributed by atoms with E-state index in [1.807, 2.05) is 31.0 Å². The molecule has 1 aliphatic heterocycles. The van der Waals surface area contributed by atoms with Crippen LogP contribution < -0.4 is 0 Å².